The molecule has 1 atom stereocenters. The van der Waals surface area contributed by atoms with Gasteiger partial charge in [0.2, 0.25) is 5.95 Å². The topological polar surface area (TPSA) is 54.2 Å². The minimum absolute atomic E-state index is 0.0556. The van der Waals surface area contributed by atoms with E-state index in [1.807, 2.05) is 13.8 Å². The number of halogens is 3. The van der Waals surface area contributed by atoms with Crippen LogP contribution in [0.25, 0.3) is 5.52 Å². The molecule has 2 aromatic heterocycles. The molecule has 0 radical (unpaired) electrons. The van der Waals surface area contributed by atoms with Gasteiger partial charge in [0.15, 0.2) is 5.82 Å². The van der Waals surface area contributed by atoms with Crippen molar-refractivity contribution in [3.05, 3.63) is 23.8 Å². The molecule has 120 valence electrons. The van der Waals surface area contributed by atoms with E-state index in [9.17, 15) is 13.2 Å². The maximum atomic E-state index is 13.8. The van der Waals surface area contributed by atoms with Gasteiger partial charge in [-0.2, -0.15) is 0 Å². The third kappa shape index (κ3) is 2.63. The van der Waals surface area contributed by atoms with Gasteiger partial charge in [-0.1, -0.05) is 13.8 Å². The molecule has 0 amide bonds. The standard InChI is InChI=1S/C14H18F3N5/c1-8(2)10-5-9(15)11-6-19-13(21-22(10)11)20-12-3-4-18-7-14(12,16)17/h5-6,8,12,18H,3-4,7H2,1-2H3,(H,20,21)/t12-/m1/s1. The average Bonchev–Trinajstić information content (AvgIpc) is 2.78. The third-order valence-corrected chi connectivity index (χ3v) is 3.87. The second kappa shape index (κ2) is 5.42. The maximum absolute atomic E-state index is 13.8. The molecule has 1 fully saturated rings. The quantitative estimate of drug-likeness (QED) is 0.914. The molecule has 3 heterocycles. The highest BCUT2D eigenvalue weighted by atomic mass is 19.3. The lowest BCUT2D eigenvalue weighted by molar-refractivity contribution is -0.0324. The maximum Gasteiger partial charge on any atom is 0.280 e. The Bertz CT molecular complexity index is 682. The van der Waals surface area contributed by atoms with E-state index in [-0.39, 0.29) is 30.3 Å². The number of anilines is 1. The van der Waals surface area contributed by atoms with Crippen LogP contribution in [-0.4, -0.2) is 39.7 Å². The molecule has 1 saturated heterocycles. The number of hydrogen-bond donors (Lipinski definition) is 2. The number of aromatic nitrogens is 3. The summed E-state index contributed by atoms with van der Waals surface area (Å²) in [6.07, 6.45) is 1.58. The van der Waals surface area contributed by atoms with Crippen molar-refractivity contribution in [1.29, 1.82) is 0 Å². The molecule has 0 aliphatic carbocycles. The predicted molar refractivity (Wildman–Crippen MR) is 76.9 cm³/mol. The van der Waals surface area contributed by atoms with Crippen molar-refractivity contribution >= 4 is 11.5 Å². The molecule has 1 aliphatic heterocycles. The van der Waals surface area contributed by atoms with Gasteiger partial charge in [0.25, 0.3) is 5.92 Å². The summed E-state index contributed by atoms with van der Waals surface area (Å²) in [6, 6.07) is 0.367. The Morgan fingerprint density at radius 3 is 2.91 bits per heavy atom. The first kappa shape index (κ1) is 15.1. The van der Waals surface area contributed by atoms with Gasteiger partial charge in [-0.15, -0.1) is 5.10 Å². The van der Waals surface area contributed by atoms with E-state index in [0.29, 0.717) is 12.2 Å². The molecule has 2 aromatic rings. The van der Waals surface area contributed by atoms with Crippen LogP contribution in [0.4, 0.5) is 19.1 Å². The van der Waals surface area contributed by atoms with Crippen molar-refractivity contribution in [3.63, 3.8) is 0 Å². The molecule has 5 nitrogen and oxygen atoms in total. The molecule has 0 bridgehead atoms. The Morgan fingerprint density at radius 1 is 1.45 bits per heavy atom. The number of alkyl halides is 2. The van der Waals surface area contributed by atoms with Crippen molar-refractivity contribution in [2.75, 3.05) is 18.4 Å². The molecule has 0 aromatic carbocycles. The molecule has 1 aliphatic rings. The SMILES string of the molecule is CC(C)c1cc(F)c2cnc(N[C@@H]3CCNCC3(F)F)nn12. The number of piperidine rings is 1. The summed E-state index contributed by atoms with van der Waals surface area (Å²) < 4.78 is 42.9. The van der Waals surface area contributed by atoms with Gasteiger partial charge in [0.05, 0.1) is 18.8 Å². The Hall–Kier alpha value is -1.83. The first-order chi connectivity index (χ1) is 10.4. The second-order valence-corrected chi connectivity index (χ2v) is 5.87. The van der Waals surface area contributed by atoms with Crippen molar-refractivity contribution in [2.45, 2.75) is 38.2 Å². The smallest absolute Gasteiger partial charge is 0.280 e. The number of fused-ring (bicyclic) bond motifs is 1. The lowest BCUT2D eigenvalue weighted by Gasteiger charge is -2.32. The molecule has 22 heavy (non-hydrogen) atoms. The summed E-state index contributed by atoms with van der Waals surface area (Å²) in [4.78, 5) is 3.96. The molecule has 2 N–H and O–H groups in total. The molecular formula is C14H18F3N5. The van der Waals surface area contributed by atoms with Gasteiger partial charge < -0.3 is 10.6 Å². The fourth-order valence-electron chi connectivity index (χ4n) is 2.62. The predicted octanol–water partition coefficient (Wildman–Crippen LogP) is 2.40. The van der Waals surface area contributed by atoms with Crippen LogP contribution in [0.1, 0.15) is 31.9 Å². The van der Waals surface area contributed by atoms with Crippen molar-refractivity contribution in [1.82, 2.24) is 19.9 Å². The molecule has 0 spiro atoms. The first-order valence-corrected chi connectivity index (χ1v) is 7.28. The third-order valence-electron chi connectivity index (χ3n) is 3.87. The first-order valence-electron chi connectivity index (χ1n) is 7.28. The van der Waals surface area contributed by atoms with E-state index in [4.69, 9.17) is 0 Å². The zero-order chi connectivity index (χ0) is 15.9. The van der Waals surface area contributed by atoms with Crippen LogP contribution in [0.3, 0.4) is 0 Å². The van der Waals surface area contributed by atoms with Crippen LogP contribution in [0.15, 0.2) is 12.3 Å². The van der Waals surface area contributed by atoms with Crippen molar-refractivity contribution in [2.24, 2.45) is 0 Å². The fourth-order valence-corrected chi connectivity index (χ4v) is 2.62. The average molecular weight is 313 g/mol. The highest BCUT2D eigenvalue weighted by Crippen LogP contribution is 2.26. The van der Waals surface area contributed by atoms with E-state index >= 15 is 0 Å². The molecule has 0 saturated carbocycles. The highest BCUT2D eigenvalue weighted by molar-refractivity contribution is 5.50. The molecule has 8 heteroatoms. The van der Waals surface area contributed by atoms with Gasteiger partial charge in [-0.25, -0.2) is 22.7 Å². The van der Waals surface area contributed by atoms with Crippen molar-refractivity contribution in [3.8, 4) is 0 Å². The summed E-state index contributed by atoms with van der Waals surface area (Å²) in [5.74, 6) is -3.15. The zero-order valence-corrected chi connectivity index (χ0v) is 12.4. The molecular weight excluding hydrogens is 295 g/mol. The van der Waals surface area contributed by atoms with Crippen LogP contribution in [0.5, 0.6) is 0 Å². The lowest BCUT2D eigenvalue weighted by atomic mass is 10.0. The van der Waals surface area contributed by atoms with Gasteiger partial charge in [0, 0.05) is 5.69 Å². The van der Waals surface area contributed by atoms with Gasteiger partial charge in [0.1, 0.15) is 5.52 Å². The summed E-state index contributed by atoms with van der Waals surface area (Å²) in [6.45, 7) is 3.96. The summed E-state index contributed by atoms with van der Waals surface area (Å²) in [7, 11) is 0. The molecule has 3 rings (SSSR count). The minimum Gasteiger partial charge on any atom is -0.344 e. The summed E-state index contributed by atoms with van der Waals surface area (Å²) in [5.41, 5.74) is 0.918. The van der Waals surface area contributed by atoms with Crippen LogP contribution in [0.2, 0.25) is 0 Å². The second-order valence-electron chi connectivity index (χ2n) is 5.87. The van der Waals surface area contributed by atoms with E-state index in [0.717, 1.165) is 0 Å². The Balaban J connectivity index is 1.93. The van der Waals surface area contributed by atoms with E-state index < -0.39 is 17.8 Å². The van der Waals surface area contributed by atoms with Gasteiger partial charge in [-0.05, 0) is 24.9 Å². The summed E-state index contributed by atoms with van der Waals surface area (Å²) in [5, 5.41) is 9.52. The van der Waals surface area contributed by atoms with Crippen LogP contribution >= 0.6 is 0 Å². The number of nitrogens with one attached hydrogen (secondary N) is 2. The largest absolute Gasteiger partial charge is 0.344 e. The Kier molecular flexibility index (Phi) is 3.72. The van der Waals surface area contributed by atoms with Gasteiger partial charge >= 0.3 is 0 Å². The normalized spacial score (nSPS) is 21.5. The van der Waals surface area contributed by atoms with Gasteiger partial charge in [-0.3, -0.25) is 0 Å². The Labute approximate surface area is 125 Å². The number of rotatable bonds is 3. The van der Waals surface area contributed by atoms with Crippen LogP contribution in [0, 0.1) is 5.82 Å². The van der Waals surface area contributed by atoms with E-state index in [1.165, 1.54) is 16.8 Å². The lowest BCUT2D eigenvalue weighted by Crippen LogP contribution is -2.53. The van der Waals surface area contributed by atoms with Crippen LogP contribution < -0.4 is 10.6 Å². The minimum atomic E-state index is -2.88. The zero-order valence-electron chi connectivity index (χ0n) is 12.4. The monoisotopic (exact) mass is 313 g/mol. The van der Waals surface area contributed by atoms with E-state index in [2.05, 4.69) is 20.7 Å². The molecule has 0 unspecified atom stereocenters. The van der Waals surface area contributed by atoms with E-state index in [1.54, 1.807) is 0 Å². The summed E-state index contributed by atoms with van der Waals surface area (Å²) >= 11 is 0. The number of hydrogen-bond acceptors (Lipinski definition) is 4. The fraction of sp³-hybridized carbons (Fsp3) is 0.571. The number of nitrogens with zero attached hydrogens (tertiary/aromatic N) is 3. The Morgan fingerprint density at radius 2 is 2.23 bits per heavy atom. The van der Waals surface area contributed by atoms with Crippen LogP contribution in [-0.2, 0) is 0 Å². The highest BCUT2D eigenvalue weighted by Gasteiger charge is 2.42. The van der Waals surface area contributed by atoms with Crippen molar-refractivity contribution < 1.29 is 13.2 Å².